The molecule has 0 atom stereocenters. The highest BCUT2D eigenvalue weighted by Gasteiger charge is 1.91. The van der Waals surface area contributed by atoms with Crippen molar-refractivity contribution < 1.29 is 18.4 Å². The predicted molar refractivity (Wildman–Crippen MR) is 24.2 cm³/mol. The summed E-state index contributed by atoms with van der Waals surface area (Å²) in [7, 11) is -2.79. The molecule has 0 aliphatic rings. The third-order valence-electron chi connectivity index (χ3n) is 0.258. The molecule has 0 saturated heterocycles. The van der Waals surface area contributed by atoms with Gasteiger partial charge in [0.15, 0.2) is 0 Å². The van der Waals surface area contributed by atoms with Crippen molar-refractivity contribution in [3.8, 4) is 0 Å². The lowest BCUT2D eigenvalue weighted by Gasteiger charge is -1.83. The Morgan fingerprint density at radius 2 is 1.71 bits per heavy atom. The molecule has 0 aromatic carbocycles. The van der Waals surface area contributed by atoms with Crippen LogP contribution in [0, 0.1) is 0 Å². The molecule has 5 nitrogen and oxygen atoms in total. The first-order valence-electron chi connectivity index (χ1n) is 1.22. The Morgan fingerprint density at radius 3 is 1.71 bits per heavy atom. The van der Waals surface area contributed by atoms with Gasteiger partial charge in [-0.05, 0) is 0 Å². The van der Waals surface area contributed by atoms with Crippen LogP contribution in [0.1, 0.15) is 0 Å². The van der Waals surface area contributed by atoms with E-state index in [1.807, 2.05) is 0 Å². The Labute approximate surface area is 41.5 Å². The van der Waals surface area contributed by atoms with Crippen molar-refractivity contribution in [2.45, 2.75) is 0 Å². The molecule has 0 aromatic heterocycles. The second-order valence-corrected chi connectivity index (χ2v) is 2.04. The van der Waals surface area contributed by atoms with E-state index < -0.39 is 10.3 Å². The third kappa shape index (κ3) is 10.7. The highest BCUT2D eigenvalue weighted by molar-refractivity contribution is 7.83. The molecule has 0 unspecified atom stereocenters. The maximum atomic E-state index is 9.44. The van der Waals surface area contributed by atoms with Gasteiger partial charge >= 0.3 is 10.3 Å². The van der Waals surface area contributed by atoms with Crippen molar-refractivity contribution in [3.05, 3.63) is 0 Å². The molecule has 0 fully saturated rings. The minimum atomic E-state index is -3.91. The lowest BCUT2D eigenvalue weighted by molar-refractivity contribution is 0.473. The van der Waals surface area contributed by atoms with E-state index in [0.29, 0.717) is 0 Å². The molecule has 0 rings (SSSR count). The summed E-state index contributed by atoms with van der Waals surface area (Å²) < 4.78 is 28.2. The molecule has 46 valence electrons. The minimum absolute atomic E-state index is 0. The summed E-state index contributed by atoms with van der Waals surface area (Å²) in [6.45, 7) is 0. The van der Waals surface area contributed by atoms with E-state index in [4.69, 9.17) is 4.55 Å². The molecule has 0 aromatic rings. The third-order valence-corrected chi connectivity index (χ3v) is 0.774. The van der Waals surface area contributed by atoms with Gasteiger partial charge in [-0.25, -0.2) is 0 Å². The Balaban J connectivity index is 0. The number of hydrogen-bond acceptors (Lipinski definition) is 2. The van der Waals surface area contributed by atoms with Gasteiger partial charge in [-0.3, -0.25) is 4.55 Å². The van der Waals surface area contributed by atoms with Crippen LogP contribution in [0.15, 0.2) is 0 Å². The Bertz CT molecular complexity index is 114. The highest BCUT2D eigenvalue weighted by Crippen LogP contribution is 1.61. The summed E-state index contributed by atoms with van der Waals surface area (Å²) in [5.74, 6) is 0. The van der Waals surface area contributed by atoms with Gasteiger partial charge in [0.25, 0.3) is 0 Å². The fourth-order valence-corrected chi connectivity index (χ4v) is 0. The van der Waals surface area contributed by atoms with Crippen LogP contribution >= 0.6 is 0 Å². The van der Waals surface area contributed by atoms with Crippen molar-refractivity contribution in [2.75, 3.05) is 7.05 Å². The first-order chi connectivity index (χ1) is 2.56. The van der Waals surface area contributed by atoms with E-state index in [9.17, 15) is 8.42 Å². The van der Waals surface area contributed by atoms with Gasteiger partial charge in [-0.2, -0.15) is 13.1 Å². The second-order valence-electron chi connectivity index (χ2n) is 0.679. The number of rotatable bonds is 1. The molecule has 0 saturated carbocycles. The molecule has 0 spiro atoms. The van der Waals surface area contributed by atoms with Crippen LogP contribution in [0.2, 0.25) is 0 Å². The topological polar surface area (TPSA) is 97.9 Å². The van der Waals surface area contributed by atoms with Crippen LogP contribution in [-0.4, -0.2) is 25.5 Å². The first kappa shape index (κ1) is 9.95. The normalized spacial score (nSPS) is 10.0. The van der Waals surface area contributed by atoms with Crippen molar-refractivity contribution in [2.24, 2.45) is 0 Å². The molecule has 4 N–H and O–H groups in total. The van der Waals surface area contributed by atoms with Crippen molar-refractivity contribution in [1.82, 2.24) is 4.72 Å². The average molecular weight is 129 g/mol. The van der Waals surface area contributed by atoms with E-state index in [1.165, 1.54) is 0 Å². The monoisotopic (exact) mass is 129 g/mol. The van der Waals surface area contributed by atoms with E-state index >= 15 is 0 Å². The first-order valence-corrected chi connectivity index (χ1v) is 2.66. The van der Waals surface area contributed by atoms with Gasteiger partial charge in [-0.15, -0.1) is 0 Å². The summed E-state index contributed by atoms with van der Waals surface area (Å²) in [6.07, 6.45) is 0. The van der Waals surface area contributed by atoms with E-state index in [0.717, 1.165) is 7.05 Å². The second kappa shape index (κ2) is 2.92. The molecule has 0 aliphatic heterocycles. The van der Waals surface area contributed by atoms with Crippen LogP contribution in [0.3, 0.4) is 0 Å². The molecular weight excluding hydrogens is 122 g/mol. The zero-order valence-corrected chi connectivity index (χ0v) is 4.49. The smallest absolute Gasteiger partial charge is 0.333 e. The van der Waals surface area contributed by atoms with Crippen LogP contribution in [0.5, 0.6) is 0 Å². The van der Waals surface area contributed by atoms with Crippen molar-refractivity contribution >= 4 is 10.3 Å². The van der Waals surface area contributed by atoms with Crippen LogP contribution in [0.4, 0.5) is 0 Å². The fourth-order valence-electron chi connectivity index (χ4n) is 0. The molecule has 7 heavy (non-hydrogen) atoms. The summed E-state index contributed by atoms with van der Waals surface area (Å²) in [5.41, 5.74) is 0. The lowest BCUT2D eigenvalue weighted by atomic mass is 11.6. The van der Waals surface area contributed by atoms with Crippen molar-refractivity contribution in [3.63, 3.8) is 0 Å². The van der Waals surface area contributed by atoms with Crippen LogP contribution in [-0.2, 0) is 10.3 Å². The van der Waals surface area contributed by atoms with E-state index in [-0.39, 0.29) is 5.48 Å². The number of nitrogens with one attached hydrogen (secondary N) is 1. The summed E-state index contributed by atoms with van der Waals surface area (Å²) in [6, 6.07) is 0. The van der Waals surface area contributed by atoms with Crippen LogP contribution in [0.25, 0.3) is 0 Å². The Hall–Kier alpha value is -0.170. The Kier molecular flexibility index (Phi) is 4.14. The predicted octanol–water partition coefficient (Wildman–Crippen LogP) is -1.82. The van der Waals surface area contributed by atoms with Gasteiger partial charge < -0.3 is 5.48 Å². The van der Waals surface area contributed by atoms with Gasteiger partial charge in [0.05, 0.1) is 0 Å². The van der Waals surface area contributed by atoms with E-state index in [2.05, 4.69) is 0 Å². The van der Waals surface area contributed by atoms with Gasteiger partial charge in [0.1, 0.15) is 0 Å². The molecular formula is CH7NO4S. The molecule has 0 heterocycles. The molecule has 0 bridgehead atoms. The van der Waals surface area contributed by atoms with Gasteiger partial charge in [0, 0.05) is 7.05 Å². The SMILES string of the molecule is CNS(=O)(=O)O.O. The number of hydrogen-bond donors (Lipinski definition) is 2. The van der Waals surface area contributed by atoms with Gasteiger partial charge in [0.2, 0.25) is 0 Å². The van der Waals surface area contributed by atoms with Crippen LogP contribution < -0.4 is 4.72 Å². The zero-order valence-electron chi connectivity index (χ0n) is 3.67. The standard InChI is InChI=1S/CH5NO3S.H2O/c1-2-6(3,4)5;/h2H,1H3,(H,3,4,5);1H2. The summed E-state index contributed by atoms with van der Waals surface area (Å²) in [4.78, 5) is 0. The molecule has 0 radical (unpaired) electrons. The minimum Gasteiger partial charge on any atom is -0.412 e. The largest absolute Gasteiger partial charge is 0.412 e. The van der Waals surface area contributed by atoms with E-state index in [1.54, 1.807) is 4.72 Å². The molecule has 0 amide bonds. The fraction of sp³-hybridized carbons (Fsp3) is 1.00. The summed E-state index contributed by atoms with van der Waals surface area (Å²) in [5, 5.41) is 0. The van der Waals surface area contributed by atoms with Gasteiger partial charge in [-0.1, -0.05) is 0 Å². The highest BCUT2D eigenvalue weighted by atomic mass is 32.2. The average Bonchev–Trinajstić information content (AvgIpc) is 1.35. The lowest BCUT2D eigenvalue weighted by Crippen LogP contribution is -2.16. The quantitative estimate of drug-likeness (QED) is 0.408. The molecule has 0 aliphatic carbocycles. The summed E-state index contributed by atoms with van der Waals surface area (Å²) >= 11 is 0. The zero-order chi connectivity index (χ0) is 5.21. The maximum absolute atomic E-state index is 9.44. The van der Waals surface area contributed by atoms with Crippen molar-refractivity contribution in [1.29, 1.82) is 0 Å². The molecule has 6 heteroatoms. The maximum Gasteiger partial charge on any atom is 0.333 e. The Morgan fingerprint density at radius 1 is 1.57 bits per heavy atom.